The number of hydrogen-bond donors (Lipinski definition) is 2. The van der Waals surface area contributed by atoms with Crippen LogP contribution in [0.1, 0.15) is 6.42 Å². The molecule has 2 heterocycles. The SMILES string of the molecule is O=C(NC1CCN(c2ccccc2Br)C1)C1COCCN1. The van der Waals surface area contributed by atoms with E-state index in [2.05, 4.69) is 37.5 Å². The number of carbonyl (C=O) groups is 1. The van der Waals surface area contributed by atoms with Crippen molar-refractivity contribution in [3.63, 3.8) is 0 Å². The summed E-state index contributed by atoms with van der Waals surface area (Å²) in [5, 5.41) is 6.32. The molecule has 0 saturated carbocycles. The van der Waals surface area contributed by atoms with Crippen LogP contribution in [0.15, 0.2) is 28.7 Å². The van der Waals surface area contributed by atoms with Crippen LogP contribution in [-0.2, 0) is 9.53 Å². The molecular weight excluding hydrogens is 334 g/mol. The Kier molecular flexibility index (Phi) is 4.77. The van der Waals surface area contributed by atoms with Gasteiger partial charge in [0.05, 0.1) is 18.9 Å². The number of rotatable bonds is 3. The van der Waals surface area contributed by atoms with Gasteiger partial charge in [-0.05, 0) is 34.5 Å². The third-order valence-corrected chi connectivity index (χ3v) is 4.64. The highest BCUT2D eigenvalue weighted by Crippen LogP contribution is 2.28. The quantitative estimate of drug-likeness (QED) is 0.855. The number of amides is 1. The lowest BCUT2D eigenvalue weighted by Crippen LogP contribution is -2.53. The van der Waals surface area contributed by atoms with Crippen molar-refractivity contribution in [2.45, 2.75) is 18.5 Å². The smallest absolute Gasteiger partial charge is 0.239 e. The van der Waals surface area contributed by atoms with E-state index in [4.69, 9.17) is 4.74 Å². The topological polar surface area (TPSA) is 53.6 Å². The number of para-hydroxylation sites is 1. The van der Waals surface area contributed by atoms with Gasteiger partial charge in [-0.2, -0.15) is 0 Å². The van der Waals surface area contributed by atoms with Crippen LogP contribution < -0.4 is 15.5 Å². The molecule has 1 aromatic rings. The lowest BCUT2D eigenvalue weighted by molar-refractivity contribution is -0.126. The zero-order chi connectivity index (χ0) is 14.7. The Hall–Kier alpha value is -1.11. The van der Waals surface area contributed by atoms with Crippen LogP contribution in [0.25, 0.3) is 0 Å². The first-order valence-corrected chi connectivity index (χ1v) is 8.14. The summed E-state index contributed by atoms with van der Waals surface area (Å²) < 4.78 is 6.43. The lowest BCUT2D eigenvalue weighted by Gasteiger charge is -2.25. The molecule has 3 rings (SSSR count). The molecule has 2 saturated heterocycles. The highest BCUT2D eigenvalue weighted by atomic mass is 79.9. The number of carbonyl (C=O) groups excluding carboxylic acids is 1. The van der Waals surface area contributed by atoms with Crippen LogP contribution in [-0.4, -0.2) is 50.8 Å². The van der Waals surface area contributed by atoms with Gasteiger partial charge >= 0.3 is 0 Å². The van der Waals surface area contributed by atoms with Crippen molar-refractivity contribution >= 4 is 27.5 Å². The molecule has 0 spiro atoms. The van der Waals surface area contributed by atoms with Crippen LogP contribution in [0.5, 0.6) is 0 Å². The Morgan fingerprint density at radius 2 is 2.29 bits per heavy atom. The number of benzene rings is 1. The van der Waals surface area contributed by atoms with E-state index in [-0.39, 0.29) is 18.0 Å². The Morgan fingerprint density at radius 1 is 1.43 bits per heavy atom. The zero-order valence-electron chi connectivity index (χ0n) is 11.8. The van der Waals surface area contributed by atoms with Crippen LogP contribution in [0.2, 0.25) is 0 Å². The number of morpholine rings is 1. The molecule has 0 aliphatic carbocycles. The molecule has 2 aliphatic heterocycles. The lowest BCUT2D eigenvalue weighted by atomic mass is 10.2. The molecule has 1 aromatic carbocycles. The fourth-order valence-corrected chi connectivity index (χ4v) is 3.38. The highest BCUT2D eigenvalue weighted by Gasteiger charge is 2.28. The van der Waals surface area contributed by atoms with Crippen molar-refractivity contribution in [3.8, 4) is 0 Å². The molecule has 2 N–H and O–H groups in total. The standard InChI is InChI=1S/C15H20BrN3O2/c16-12-3-1-2-4-14(12)19-7-5-11(9-19)18-15(20)13-10-21-8-6-17-13/h1-4,11,13,17H,5-10H2,(H,18,20). The second kappa shape index (κ2) is 6.77. The van der Waals surface area contributed by atoms with Gasteiger partial charge in [-0.15, -0.1) is 0 Å². The number of ether oxygens (including phenoxy) is 1. The van der Waals surface area contributed by atoms with Crippen LogP contribution in [0.3, 0.4) is 0 Å². The number of halogens is 1. The minimum Gasteiger partial charge on any atom is -0.378 e. The highest BCUT2D eigenvalue weighted by molar-refractivity contribution is 9.10. The fraction of sp³-hybridized carbons (Fsp3) is 0.533. The van der Waals surface area contributed by atoms with Gasteiger partial charge in [-0.25, -0.2) is 0 Å². The third kappa shape index (κ3) is 3.56. The summed E-state index contributed by atoms with van der Waals surface area (Å²) in [5.41, 5.74) is 1.19. The van der Waals surface area contributed by atoms with Crippen molar-refractivity contribution in [2.24, 2.45) is 0 Å². The minimum atomic E-state index is -0.212. The summed E-state index contributed by atoms with van der Waals surface area (Å²) >= 11 is 3.58. The van der Waals surface area contributed by atoms with E-state index in [1.54, 1.807) is 0 Å². The summed E-state index contributed by atoms with van der Waals surface area (Å²) in [4.78, 5) is 14.5. The van der Waals surface area contributed by atoms with E-state index < -0.39 is 0 Å². The molecule has 5 nitrogen and oxygen atoms in total. The first-order valence-electron chi connectivity index (χ1n) is 7.35. The second-order valence-corrected chi connectivity index (χ2v) is 6.33. The average molecular weight is 354 g/mol. The van der Waals surface area contributed by atoms with Gasteiger partial charge in [0.2, 0.25) is 5.91 Å². The monoisotopic (exact) mass is 353 g/mol. The molecule has 2 aliphatic rings. The van der Waals surface area contributed by atoms with Gasteiger partial charge in [0.25, 0.3) is 0 Å². The van der Waals surface area contributed by atoms with Gasteiger partial charge in [0.1, 0.15) is 6.04 Å². The number of nitrogens with zero attached hydrogens (tertiary/aromatic N) is 1. The Morgan fingerprint density at radius 3 is 3.05 bits per heavy atom. The number of nitrogens with one attached hydrogen (secondary N) is 2. The fourth-order valence-electron chi connectivity index (χ4n) is 2.84. The molecule has 0 bridgehead atoms. The minimum absolute atomic E-state index is 0.0497. The van der Waals surface area contributed by atoms with Gasteiger partial charge in [0.15, 0.2) is 0 Å². The maximum Gasteiger partial charge on any atom is 0.239 e. The zero-order valence-corrected chi connectivity index (χ0v) is 13.4. The predicted octanol–water partition coefficient (Wildman–Crippen LogP) is 1.13. The van der Waals surface area contributed by atoms with E-state index in [0.717, 1.165) is 30.5 Å². The Bertz CT molecular complexity index is 505. The van der Waals surface area contributed by atoms with Crippen molar-refractivity contribution < 1.29 is 9.53 Å². The van der Waals surface area contributed by atoms with Crippen molar-refractivity contribution in [3.05, 3.63) is 28.7 Å². The van der Waals surface area contributed by atoms with Gasteiger partial charge in [-0.1, -0.05) is 12.1 Å². The Labute approximate surface area is 133 Å². The van der Waals surface area contributed by atoms with E-state index >= 15 is 0 Å². The summed E-state index contributed by atoms with van der Waals surface area (Å²) in [6.45, 7) is 3.70. The largest absolute Gasteiger partial charge is 0.378 e. The summed E-state index contributed by atoms with van der Waals surface area (Å²) in [7, 11) is 0. The number of anilines is 1. The molecule has 0 aromatic heterocycles. The molecule has 1 amide bonds. The molecule has 2 atom stereocenters. The van der Waals surface area contributed by atoms with Crippen molar-refractivity contribution in [1.29, 1.82) is 0 Å². The van der Waals surface area contributed by atoms with Crippen LogP contribution >= 0.6 is 15.9 Å². The summed E-state index contributed by atoms with van der Waals surface area (Å²) in [5.74, 6) is 0.0497. The van der Waals surface area contributed by atoms with Crippen molar-refractivity contribution in [2.75, 3.05) is 37.7 Å². The van der Waals surface area contributed by atoms with E-state index in [1.165, 1.54) is 5.69 Å². The summed E-state index contributed by atoms with van der Waals surface area (Å²) in [6, 6.07) is 8.19. The maximum absolute atomic E-state index is 12.2. The predicted molar refractivity (Wildman–Crippen MR) is 85.5 cm³/mol. The maximum atomic E-state index is 12.2. The molecule has 2 unspecified atom stereocenters. The van der Waals surface area contributed by atoms with Gasteiger partial charge < -0.3 is 20.3 Å². The first-order chi connectivity index (χ1) is 10.2. The third-order valence-electron chi connectivity index (χ3n) is 3.97. The second-order valence-electron chi connectivity index (χ2n) is 5.47. The van der Waals surface area contributed by atoms with E-state index in [9.17, 15) is 4.79 Å². The van der Waals surface area contributed by atoms with Gasteiger partial charge in [-0.3, -0.25) is 4.79 Å². The van der Waals surface area contributed by atoms with Crippen LogP contribution in [0.4, 0.5) is 5.69 Å². The Balaban J connectivity index is 1.55. The number of hydrogen-bond acceptors (Lipinski definition) is 4. The van der Waals surface area contributed by atoms with E-state index in [1.807, 2.05) is 18.2 Å². The molecule has 6 heteroatoms. The van der Waals surface area contributed by atoms with Crippen molar-refractivity contribution in [1.82, 2.24) is 10.6 Å². The first kappa shape index (κ1) is 14.8. The summed E-state index contributed by atoms with van der Waals surface area (Å²) in [6.07, 6.45) is 0.973. The molecular formula is C15H20BrN3O2. The molecule has 21 heavy (non-hydrogen) atoms. The molecule has 114 valence electrons. The van der Waals surface area contributed by atoms with Crippen LogP contribution in [0, 0.1) is 0 Å². The van der Waals surface area contributed by atoms with Gasteiger partial charge in [0, 0.05) is 30.1 Å². The average Bonchev–Trinajstić information content (AvgIpc) is 2.97. The van der Waals surface area contributed by atoms with E-state index in [0.29, 0.717) is 13.2 Å². The molecule has 0 radical (unpaired) electrons. The normalized spacial score (nSPS) is 25.9. The molecule has 2 fully saturated rings.